The summed E-state index contributed by atoms with van der Waals surface area (Å²) in [4.78, 5) is 22.9. The first kappa shape index (κ1) is 15.3. The van der Waals surface area contributed by atoms with E-state index >= 15 is 0 Å². The third kappa shape index (κ3) is 3.93. The minimum atomic E-state index is 0.146. The summed E-state index contributed by atoms with van der Waals surface area (Å²) < 4.78 is 0. The Labute approximate surface area is 124 Å². The molecule has 0 radical (unpaired) electrons. The van der Waals surface area contributed by atoms with E-state index in [0.717, 1.165) is 30.8 Å². The summed E-state index contributed by atoms with van der Waals surface area (Å²) in [5, 5.41) is 0.678. The van der Waals surface area contributed by atoms with E-state index in [1.54, 1.807) is 0 Å². The van der Waals surface area contributed by atoms with E-state index in [1.807, 2.05) is 24.8 Å². The van der Waals surface area contributed by atoms with Crippen molar-refractivity contribution in [2.75, 3.05) is 18.8 Å². The lowest BCUT2D eigenvalue weighted by Crippen LogP contribution is -2.48. The van der Waals surface area contributed by atoms with Gasteiger partial charge in [-0.25, -0.2) is 9.97 Å². The number of amides is 1. The molecule has 0 saturated carbocycles. The molecule has 110 valence electrons. The van der Waals surface area contributed by atoms with Gasteiger partial charge in [-0.2, -0.15) is 0 Å². The van der Waals surface area contributed by atoms with Crippen LogP contribution in [0.15, 0.2) is 11.2 Å². The second-order valence-corrected chi connectivity index (χ2v) is 6.14. The lowest BCUT2D eigenvalue weighted by molar-refractivity contribution is -0.131. The van der Waals surface area contributed by atoms with E-state index in [9.17, 15) is 4.79 Å². The summed E-state index contributed by atoms with van der Waals surface area (Å²) in [6, 6.07) is 2.14. The number of nitrogens with two attached hydrogens (primary N) is 1. The average Bonchev–Trinajstić information content (AvgIpc) is 2.43. The highest BCUT2D eigenvalue weighted by molar-refractivity contribution is 7.99. The van der Waals surface area contributed by atoms with Gasteiger partial charge in [0.05, 0.1) is 5.75 Å². The predicted octanol–water partition coefficient (Wildman–Crippen LogP) is 1.53. The molecule has 1 aromatic rings. The predicted molar refractivity (Wildman–Crippen MR) is 80.6 cm³/mol. The Bertz CT molecular complexity index is 460. The molecule has 1 aliphatic rings. The number of likely N-dealkylation sites (tertiary alicyclic amines) is 1. The molecular formula is C14H22N4OS. The van der Waals surface area contributed by atoms with Gasteiger partial charge in [0.2, 0.25) is 5.91 Å². The fourth-order valence-corrected chi connectivity index (χ4v) is 3.38. The van der Waals surface area contributed by atoms with Crippen molar-refractivity contribution in [3.63, 3.8) is 0 Å². The van der Waals surface area contributed by atoms with Crippen LogP contribution in [0.4, 0.5) is 0 Å². The number of rotatable bonds is 4. The lowest BCUT2D eigenvalue weighted by Gasteiger charge is -2.35. The molecule has 1 atom stereocenters. The molecule has 20 heavy (non-hydrogen) atoms. The molecule has 0 aliphatic carbocycles. The third-order valence-electron chi connectivity index (χ3n) is 3.51. The topological polar surface area (TPSA) is 72.1 Å². The van der Waals surface area contributed by atoms with Crippen molar-refractivity contribution < 1.29 is 4.79 Å². The monoisotopic (exact) mass is 294 g/mol. The lowest BCUT2D eigenvalue weighted by atomic mass is 10.0. The summed E-state index contributed by atoms with van der Waals surface area (Å²) in [5.41, 5.74) is 7.62. The SMILES string of the molecule is Cc1cc(C)nc(SCC(=O)N2CCCCC2CN)n1. The Morgan fingerprint density at radius 3 is 2.75 bits per heavy atom. The fourth-order valence-electron chi connectivity index (χ4n) is 2.54. The zero-order valence-corrected chi connectivity index (χ0v) is 12.9. The number of piperidine rings is 1. The Hall–Kier alpha value is -1.14. The first-order valence-corrected chi connectivity index (χ1v) is 8.03. The van der Waals surface area contributed by atoms with Crippen LogP contribution >= 0.6 is 11.8 Å². The number of hydrogen-bond donors (Lipinski definition) is 1. The van der Waals surface area contributed by atoms with Crippen LogP contribution < -0.4 is 5.73 Å². The Balaban J connectivity index is 1.94. The second-order valence-electron chi connectivity index (χ2n) is 5.19. The zero-order valence-electron chi connectivity index (χ0n) is 12.1. The standard InChI is InChI=1S/C14H22N4OS/c1-10-7-11(2)17-14(16-10)20-9-13(19)18-6-4-3-5-12(18)8-15/h7,12H,3-6,8-9,15H2,1-2H3. The van der Waals surface area contributed by atoms with Gasteiger partial charge >= 0.3 is 0 Å². The van der Waals surface area contributed by atoms with Gasteiger partial charge in [-0.05, 0) is 39.2 Å². The van der Waals surface area contributed by atoms with Crippen molar-refractivity contribution in [3.8, 4) is 0 Å². The molecule has 1 aromatic heterocycles. The number of carbonyl (C=O) groups excluding carboxylic acids is 1. The molecule has 1 amide bonds. The molecular weight excluding hydrogens is 272 g/mol. The molecule has 1 unspecified atom stereocenters. The molecule has 6 heteroatoms. The number of aryl methyl sites for hydroxylation is 2. The zero-order chi connectivity index (χ0) is 14.5. The van der Waals surface area contributed by atoms with Gasteiger partial charge in [-0.15, -0.1) is 0 Å². The maximum absolute atomic E-state index is 12.3. The van der Waals surface area contributed by atoms with Crippen molar-refractivity contribution in [2.24, 2.45) is 5.73 Å². The van der Waals surface area contributed by atoms with Crippen molar-refractivity contribution in [1.82, 2.24) is 14.9 Å². The van der Waals surface area contributed by atoms with Gasteiger partial charge in [0.15, 0.2) is 5.16 Å². The van der Waals surface area contributed by atoms with Crippen LogP contribution in [0, 0.1) is 13.8 Å². The molecule has 0 bridgehead atoms. The van der Waals surface area contributed by atoms with Crippen LogP contribution in [0.5, 0.6) is 0 Å². The van der Waals surface area contributed by atoms with Crippen molar-refractivity contribution >= 4 is 17.7 Å². The second kappa shape index (κ2) is 7.04. The van der Waals surface area contributed by atoms with Crippen LogP contribution in [0.25, 0.3) is 0 Å². The van der Waals surface area contributed by atoms with Gasteiger partial charge in [0.25, 0.3) is 0 Å². The van der Waals surface area contributed by atoms with Crippen LogP contribution in [-0.2, 0) is 4.79 Å². The first-order chi connectivity index (χ1) is 9.60. The van der Waals surface area contributed by atoms with E-state index in [-0.39, 0.29) is 11.9 Å². The molecule has 2 rings (SSSR count). The van der Waals surface area contributed by atoms with E-state index in [1.165, 1.54) is 18.2 Å². The average molecular weight is 294 g/mol. The van der Waals surface area contributed by atoms with Gasteiger partial charge in [-0.3, -0.25) is 4.79 Å². The molecule has 0 aromatic carbocycles. The van der Waals surface area contributed by atoms with Gasteiger partial charge < -0.3 is 10.6 Å². The van der Waals surface area contributed by atoms with E-state index in [2.05, 4.69) is 9.97 Å². The van der Waals surface area contributed by atoms with Crippen LogP contribution in [0.1, 0.15) is 30.7 Å². The van der Waals surface area contributed by atoms with E-state index < -0.39 is 0 Å². The van der Waals surface area contributed by atoms with Crippen molar-refractivity contribution in [2.45, 2.75) is 44.3 Å². The van der Waals surface area contributed by atoms with Gasteiger partial charge in [-0.1, -0.05) is 11.8 Å². The summed E-state index contributed by atoms with van der Waals surface area (Å²) in [7, 11) is 0. The number of carbonyl (C=O) groups is 1. The molecule has 2 N–H and O–H groups in total. The van der Waals surface area contributed by atoms with Crippen molar-refractivity contribution in [3.05, 3.63) is 17.5 Å². The summed E-state index contributed by atoms with van der Waals surface area (Å²) in [6.45, 7) is 5.26. The Morgan fingerprint density at radius 2 is 2.10 bits per heavy atom. The van der Waals surface area contributed by atoms with Crippen LogP contribution in [0.3, 0.4) is 0 Å². The Morgan fingerprint density at radius 1 is 1.40 bits per heavy atom. The van der Waals surface area contributed by atoms with Crippen molar-refractivity contribution in [1.29, 1.82) is 0 Å². The molecule has 1 fully saturated rings. The summed E-state index contributed by atoms with van der Waals surface area (Å²) in [6.07, 6.45) is 3.26. The quantitative estimate of drug-likeness (QED) is 0.673. The summed E-state index contributed by atoms with van der Waals surface area (Å²) in [5.74, 6) is 0.534. The van der Waals surface area contributed by atoms with E-state index in [0.29, 0.717) is 17.5 Å². The highest BCUT2D eigenvalue weighted by Crippen LogP contribution is 2.20. The number of hydrogen-bond acceptors (Lipinski definition) is 5. The fraction of sp³-hybridized carbons (Fsp3) is 0.643. The molecule has 5 nitrogen and oxygen atoms in total. The van der Waals surface area contributed by atoms with Gasteiger partial charge in [0, 0.05) is 30.5 Å². The maximum Gasteiger partial charge on any atom is 0.233 e. The smallest absolute Gasteiger partial charge is 0.233 e. The van der Waals surface area contributed by atoms with Gasteiger partial charge in [0.1, 0.15) is 0 Å². The summed E-state index contributed by atoms with van der Waals surface area (Å²) >= 11 is 1.41. The number of aromatic nitrogens is 2. The van der Waals surface area contributed by atoms with Crippen LogP contribution in [-0.4, -0.2) is 45.7 Å². The Kier molecular flexibility index (Phi) is 5.37. The number of nitrogens with zero attached hydrogens (tertiary/aromatic N) is 3. The van der Waals surface area contributed by atoms with E-state index in [4.69, 9.17) is 5.73 Å². The number of thioether (sulfide) groups is 1. The highest BCUT2D eigenvalue weighted by Gasteiger charge is 2.25. The molecule has 1 saturated heterocycles. The molecule has 1 aliphatic heterocycles. The molecule has 0 spiro atoms. The van der Waals surface area contributed by atoms with Crippen LogP contribution in [0.2, 0.25) is 0 Å². The first-order valence-electron chi connectivity index (χ1n) is 7.05. The normalized spacial score (nSPS) is 19.1. The molecule has 2 heterocycles. The highest BCUT2D eigenvalue weighted by atomic mass is 32.2. The maximum atomic E-state index is 12.3. The largest absolute Gasteiger partial charge is 0.338 e. The third-order valence-corrected chi connectivity index (χ3v) is 4.34. The minimum absolute atomic E-state index is 0.146. The minimum Gasteiger partial charge on any atom is -0.338 e.